The number of rotatable bonds is 3. The van der Waals surface area contributed by atoms with Crippen molar-refractivity contribution in [1.82, 2.24) is 9.97 Å². The highest BCUT2D eigenvalue weighted by atomic mass is 35.5. The number of hydrogen-bond acceptors (Lipinski definition) is 4. The van der Waals surface area contributed by atoms with Crippen molar-refractivity contribution >= 4 is 40.5 Å². The van der Waals surface area contributed by atoms with Crippen LogP contribution in [0.4, 0.5) is 17.3 Å². The molecule has 0 aliphatic heterocycles. The molecule has 2 N–H and O–H groups in total. The first-order valence-electron chi connectivity index (χ1n) is 6.59. The molecule has 0 saturated carbocycles. The van der Waals surface area contributed by atoms with Crippen LogP contribution in [-0.4, -0.2) is 17.0 Å². The van der Waals surface area contributed by atoms with Crippen molar-refractivity contribution in [2.24, 2.45) is 0 Å². The molecule has 0 amide bonds. The second kappa shape index (κ2) is 6.08. The number of halogens is 2. The molecule has 1 aromatic heterocycles. The summed E-state index contributed by atoms with van der Waals surface area (Å²) in [6, 6.07) is 7.21. The minimum atomic E-state index is -0.138. The van der Waals surface area contributed by atoms with Crippen molar-refractivity contribution in [1.29, 1.82) is 0 Å². The van der Waals surface area contributed by atoms with Crippen molar-refractivity contribution in [2.75, 3.05) is 17.7 Å². The summed E-state index contributed by atoms with van der Waals surface area (Å²) < 4.78 is 0. The standard InChI is InChI=1S/C15H18Cl2N4/c1-15(2,3)14-20-12(18-4)8-13(21-14)19-9-5-6-10(16)11(17)7-9/h5-8H,1-4H3,(H2,18,19,20,21). The van der Waals surface area contributed by atoms with Crippen LogP contribution in [-0.2, 0) is 5.41 Å². The molecule has 6 heteroatoms. The second-order valence-electron chi connectivity index (χ2n) is 5.72. The summed E-state index contributed by atoms with van der Waals surface area (Å²) in [7, 11) is 1.83. The summed E-state index contributed by atoms with van der Waals surface area (Å²) >= 11 is 11.9. The van der Waals surface area contributed by atoms with Crippen LogP contribution in [0.5, 0.6) is 0 Å². The topological polar surface area (TPSA) is 49.8 Å². The van der Waals surface area contributed by atoms with Crippen molar-refractivity contribution in [3.05, 3.63) is 40.1 Å². The highest BCUT2D eigenvalue weighted by Crippen LogP contribution is 2.28. The van der Waals surface area contributed by atoms with Crippen LogP contribution in [0.2, 0.25) is 10.0 Å². The third-order valence-electron chi connectivity index (χ3n) is 2.85. The van der Waals surface area contributed by atoms with Crippen LogP contribution < -0.4 is 10.6 Å². The van der Waals surface area contributed by atoms with E-state index in [4.69, 9.17) is 23.2 Å². The molecular weight excluding hydrogens is 307 g/mol. The van der Waals surface area contributed by atoms with E-state index in [1.165, 1.54) is 0 Å². The molecule has 112 valence electrons. The maximum absolute atomic E-state index is 6.03. The van der Waals surface area contributed by atoms with Gasteiger partial charge in [-0.1, -0.05) is 44.0 Å². The van der Waals surface area contributed by atoms with E-state index in [1.54, 1.807) is 12.1 Å². The Morgan fingerprint density at radius 2 is 1.62 bits per heavy atom. The molecule has 0 saturated heterocycles. The molecule has 2 aromatic rings. The molecule has 0 unspecified atom stereocenters. The monoisotopic (exact) mass is 324 g/mol. The molecule has 0 aliphatic carbocycles. The van der Waals surface area contributed by atoms with Gasteiger partial charge in [-0.3, -0.25) is 0 Å². The fraction of sp³-hybridized carbons (Fsp3) is 0.333. The number of anilines is 3. The Morgan fingerprint density at radius 1 is 0.952 bits per heavy atom. The first-order chi connectivity index (χ1) is 9.79. The molecule has 1 heterocycles. The van der Waals surface area contributed by atoms with Crippen LogP contribution >= 0.6 is 23.2 Å². The first kappa shape index (κ1) is 15.9. The van der Waals surface area contributed by atoms with Crippen molar-refractivity contribution in [3.8, 4) is 0 Å². The molecule has 0 radical (unpaired) electrons. The Kier molecular flexibility index (Phi) is 4.59. The third kappa shape index (κ3) is 3.99. The molecule has 1 aromatic carbocycles. The normalized spacial score (nSPS) is 11.3. The van der Waals surface area contributed by atoms with Gasteiger partial charge in [0.25, 0.3) is 0 Å². The quantitative estimate of drug-likeness (QED) is 0.845. The highest BCUT2D eigenvalue weighted by molar-refractivity contribution is 6.42. The van der Waals surface area contributed by atoms with Gasteiger partial charge in [0.15, 0.2) is 0 Å². The molecule has 0 aliphatic rings. The van der Waals surface area contributed by atoms with Gasteiger partial charge in [-0.05, 0) is 18.2 Å². The summed E-state index contributed by atoms with van der Waals surface area (Å²) in [4.78, 5) is 9.05. The lowest BCUT2D eigenvalue weighted by Gasteiger charge is -2.19. The molecule has 2 rings (SSSR count). The summed E-state index contributed by atoms with van der Waals surface area (Å²) in [5, 5.41) is 7.30. The SMILES string of the molecule is CNc1cc(Nc2ccc(Cl)c(Cl)c2)nc(C(C)(C)C)n1. The second-order valence-corrected chi connectivity index (χ2v) is 6.53. The minimum absolute atomic E-state index is 0.138. The summed E-state index contributed by atoms with van der Waals surface area (Å²) in [6.07, 6.45) is 0. The highest BCUT2D eigenvalue weighted by Gasteiger charge is 2.19. The van der Waals surface area contributed by atoms with Crippen LogP contribution in [0.3, 0.4) is 0 Å². The number of aromatic nitrogens is 2. The summed E-state index contributed by atoms with van der Waals surface area (Å²) in [5.74, 6) is 2.23. The van der Waals surface area contributed by atoms with E-state index < -0.39 is 0 Å². The van der Waals surface area contributed by atoms with Gasteiger partial charge in [-0.2, -0.15) is 0 Å². The largest absolute Gasteiger partial charge is 0.373 e. The van der Waals surface area contributed by atoms with Gasteiger partial charge in [-0.25, -0.2) is 9.97 Å². The molecule has 0 bridgehead atoms. The smallest absolute Gasteiger partial charge is 0.138 e. The average Bonchev–Trinajstić information content (AvgIpc) is 2.41. The Labute approximate surface area is 134 Å². The van der Waals surface area contributed by atoms with Crippen LogP contribution in [0, 0.1) is 0 Å². The predicted molar refractivity (Wildman–Crippen MR) is 90.0 cm³/mol. The number of nitrogens with zero attached hydrogens (tertiary/aromatic N) is 2. The Hall–Kier alpha value is -1.52. The lowest BCUT2D eigenvalue weighted by Crippen LogP contribution is -2.17. The van der Waals surface area contributed by atoms with Gasteiger partial charge < -0.3 is 10.6 Å². The minimum Gasteiger partial charge on any atom is -0.373 e. The maximum atomic E-state index is 6.03. The van der Waals surface area contributed by atoms with Crippen LogP contribution in [0.15, 0.2) is 24.3 Å². The van der Waals surface area contributed by atoms with Gasteiger partial charge in [0.1, 0.15) is 17.5 Å². The van der Waals surface area contributed by atoms with Crippen LogP contribution in [0.1, 0.15) is 26.6 Å². The Bertz CT molecular complexity index is 651. The van der Waals surface area contributed by atoms with Crippen molar-refractivity contribution in [2.45, 2.75) is 26.2 Å². The summed E-state index contributed by atoms with van der Waals surface area (Å²) in [6.45, 7) is 6.22. The molecular formula is C15H18Cl2N4. The van der Waals surface area contributed by atoms with Gasteiger partial charge in [0.2, 0.25) is 0 Å². The van der Waals surface area contributed by atoms with E-state index in [-0.39, 0.29) is 5.41 Å². The Balaban J connectivity index is 2.36. The fourth-order valence-corrected chi connectivity index (χ4v) is 1.99. The zero-order valence-electron chi connectivity index (χ0n) is 12.5. The molecule has 0 fully saturated rings. The van der Waals surface area contributed by atoms with Crippen LogP contribution in [0.25, 0.3) is 0 Å². The summed E-state index contributed by atoms with van der Waals surface area (Å²) in [5.41, 5.74) is 0.686. The van der Waals surface area contributed by atoms with Crippen molar-refractivity contribution in [3.63, 3.8) is 0 Å². The lowest BCUT2D eigenvalue weighted by atomic mass is 9.96. The van der Waals surface area contributed by atoms with Crippen molar-refractivity contribution < 1.29 is 0 Å². The number of hydrogen-bond donors (Lipinski definition) is 2. The van der Waals surface area contributed by atoms with Gasteiger partial charge in [0.05, 0.1) is 10.0 Å². The number of benzene rings is 1. The van der Waals surface area contributed by atoms with Gasteiger partial charge in [-0.15, -0.1) is 0 Å². The van der Waals surface area contributed by atoms with E-state index in [1.807, 2.05) is 19.2 Å². The molecule has 0 atom stereocenters. The first-order valence-corrected chi connectivity index (χ1v) is 7.34. The molecule has 4 nitrogen and oxygen atoms in total. The Morgan fingerprint density at radius 3 is 2.19 bits per heavy atom. The molecule has 0 spiro atoms. The average molecular weight is 325 g/mol. The molecule has 21 heavy (non-hydrogen) atoms. The van der Waals surface area contributed by atoms with E-state index >= 15 is 0 Å². The third-order valence-corrected chi connectivity index (χ3v) is 3.58. The van der Waals surface area contributed by atoms with Gasteiger partial charge >= 0.3 is 0 Å². The zero-order chi connectivity index (χ0) is 15.6. The maximum Gasteiger partial charge on any atom is 0.138 e. The predicted octanol–water partition coefficient (Wildman–Crippen LogP) is 4.87. The van der Waals surface area contributed by atoms with E-state index in [0.717, 1.165) is 17.3 Å². The van der Waals surface area contributed by atoms with Gasteiger partial charge in [0, 0.05) is 24.2 Å². The van der Waals surface area contributed by atoms with E-state index in [9.17, 15) is 0 Å². The zero-order valence-corrected chi connectivity index (χ0v) is 14.0. The fourth-order valence-electron chi connectivity index (χ4n) is 1.70. The lowest BCUT2D eigenvalue weighted by molar-refractivity contribution is 0.547. The van der Waals surface area contributed by atoms with E-state index in [0.29, 0.717) is 15.9 Å². The van der Waals surface area contributed by atoms with E-state index in [2.05, 4.69) is 41.4 Å². The number of nitrogens with one attached hydrogen (secondary N) is 2.